The molecule has 0 saturated carbocycles. The van der Waals surface area contributed by atoms with Crippen LogP contribution in [0.5, 0.6) is 0 Å². The van der Waals surface area contributed by atoms with E-state index in [2.05, 4.69) is 4.72 Å². The first-order chi connectivity index (χ1) is 7.06. The second kappa shape index (κ2) is 5.76. The molecule has 6 nitrogen and oxygen atoms in total. The Bertz CT molecular complexity index is 274. The fourth-order valence-corrected chi connectivity index (χ4v) is 2.50. The van der Waals surface area contributed by atoms with E-state index in [1.807, 2.05) is 0 Å². The topological polar surface area (TPSA) is 78.9 Å². The first-order valence-electron chi connectivity index (χ1n) is 4.99. The van der Waals surface area contributed by atoms with Crippen molar-refractivity contribution in [2.45, 2.75) is 6.92 Å². The Morgan fingerprint density at radius 3 is 2.60 bits per heavy atom. The molecule has 1 rings (SSSR count). The summed E-state index contributed by atoms with van der Waals surface area (Å²) in [5.41, 5.74) is 0. The van der Waals surface area contributed by atoms with Gasteiger partial charge in [0.1, 0.15) is 0 Å². The van der Waals surface area contributed by atoms with Crippen LogP contribution in [-0.4, -0.2) is 57.3 Å². The number of nitrogens with zero attached hydrogens (tertiary/aromatic N) is 1. The third-order valence-electron chi connectivity index (χ3n) is 2.24. The monoisotopic (exact) mass is 238 g/mol. The van der Waals surface area contributed by atoms with Gasteiger partial charge in [-0.15, -0.1) is 0 Å². The molecule has 0 aromatic rings. The zero-order chi connectivity index (χ0) is 11.3. The summed E-state index contributed by atoms with van der Waals surface area (Å²) in [6, 6.07) is 0. The van der Waals surface area contributed by atoms with E-state index in [1.165, 1.54) is 4.31 Å². The van der Waals surface area contributed by atoms with Gasteiger partial charge in [-0.1, -0.05) is 6.92 Å². The average Bonchev–Trinajstić information content (AvgIpc) is 2.27. The lowest BCUT2D eigenvalue weighted by Crippen LogP contribution is -2.47. The first-order valence-corrected chi connectivity index (χ1v) is 6.43. The summed E-state index contributed by atoms with van der Waals surface area (Å²) in [7, 11) is -3.40. The molecule has 0 radical (unpaired) electrons. The van der Waals surface area contributed by atoms with Crippen LogP contribution < -0.4 is 4.72 Å². The second-order valence-electron chi connectivity index (χ2n) is 3.65. The van der Waals surface area contributed by atoms with Crippen LogP contribution in [0.15, 0.2) is 0 Å². The standard InChI is InChI=1S/C8H18N2O4S/c1-8(7-11)6-9-15(12,13)10-2-4-14-5-3-10/h8-9,11H,2-7H2,1H3. The molecule has 1 unspecified atom stereocenters. The van der Waals surface area contributed by atoms with Crippen molar-refractivity contribution in [1.82, 2.24) is 9.03 Å². The SMILES string of the molecule is CC(CO)CNS(=O)(=O)N1CCOCC1. The largest absolute Gasteiger partial charge is 0.396 e. The van der Waals surface area contributed by atoms with E-state index in [1.54, 1.807) is 6.92 Å². The first kappa shape index (κ1) is 12.9. The third kappa shape index (κ3) is 4.04. The van der Waals surface area contributed by atoms with Crippen molar-refractivity contribution < 1.29 is 18.3 Å². The van der Waals surface area contributed by atoms with Crippen molar-refractivity contribution in [3.8, 4) is 0 Å². The van der Waals surface area contributed by atoms with Crippen LogP contribution in [0.2, 0.25) is 0 Å². The summed E-state index contributed by atoms with van der Waals surface area (Å²) in [5.74, 6) is -0.0687. The number of ether oxygens (including phenoxy) is 1. The minimum Gasteiger partial charge on any atom is -0.396 e. The minimum atomic E-state index is -3.40. The van der Waals surface area contributed by atoms with Gasteiger partial charge in [-0.2, -0.15) is 12.7 Å². The summed E-state index contributed by atoms with van der Waals surface area (Å²) in [6.07, 6.45) is 0. The second-order valence-corrected chi connectivity index (χ2v) is 5.41. The Kier molecular flexibility index (Phi) is 4.94. The van der Waals surface area contributed by atoms with Gasteiger partial charge in [0.05, 0.1) is 13.2 Å². The van der Waals surface area contributed by atoms with E-state index in [0.29, 0.717) is 26.3 Å². The number of hydrogen-bond acceptors (Lipinski definition) is 4. The molecule has 1 saturated heterocycles. The molecule has 0 aliphatic carbocycles. The van der Waals surface area contributed by atoms with E-state index < -0.39 is 10.2 Å². The maximum atomic E-state index is 11.7. The molecule has 1 heterocycles. The van der Waals surface area contributed by atoms with Gasteiger partial charge in [-0.3, -0.25) is 0 Å². The van der Waals surface area contributed by atoms with Crippen molar-refractivity contribution in [2.24, 2.45) is 5.92 Å². The van der Waals surface area contributed by atoms with Crippen LogP contribution in [0.3, 0.4) is 0 Å². The van der Waals surface area contributed by atoms with E-state index >= 15 is 0 Å². The van der Waals surface area contributed by atoms with Crippen molar-refractivity contribution in [1.29, 1.82) is 0 Å². The molecule has 0 aromatic heterocycles. The van der Waals surface area contributed by atoms with Crippen LogP contribution in [0.4, 0.5) is 0 Å². The molecule has 7 heteroatoms. The molecule has 2 N–H and O–H groups in total. The van der Waals surface area contributed by atoms with Gasteiger partial charge in [0.25, 0.3) is 10.2 Å². The van der Waals surface area contributed by atoms with Crippen LogP contribution in [0.1, 0.15) is 6.92 Å². The number of nitrogens with one attached hydrogen (secondary N) is 1. The molecule has 90 valence electrons. The number of morpholine rings is 1. The van der Waals surface area contributed by atoms with Crippen LogP contribution in [-0.2, 0) is 14.9 Å². The van der Waals surface area contributed by atoms with Gasteiger partial charge < -0.3 is 9.84 Å². The van der Waals surface area contributed by atoms with Crippen molar-refractivity contribution in [2.75, 3.05) is 39.5 Å². The van der Waals surface area contributed by atoms with E-state index in [-0.39, 0.29) is 19.1 Å². The number of hydrogen-bond donors (Lipinski definition) is 2. The number of rotatable bonds is 5. The highest BCUT2D eigenvalue weighted by molar-refractivity contribution is 7.87. The molecule has 0 aromatic carbocycles. The quantitative estimate of drug-likeness (QED) is 0.629. The lowest BCUT2D eigenvalue weighted by atomic mass is 10.2. The zero-order valence-electron chi connectivity index (χ0n) is 8.85. The van der Waals surface area contributed by atoms with Gasteiger partial charge in [-0.05, 0) is 5.92 Å². The maximum Gasteiger partial charge on any atom is 0.279 e. The van der Waals surface area contributed by atoms with Crippen LogP contribution in [0.25, 0.3) is 0 Å². The fraction of sp³-hybridized carbons (Fsp3) is 1.00. The summed E-state index contributed by atoms with van der Waals surface area (Å²) >= 11 is 0. The Labute approximate surface area is 90.4 Å². The van der Waals surface area contributed by atoms with Crippen molar-refractivity contribution >= 4 is 10.2 Å². The van der Waals surface area contributed by atoms with Gasteiger partial charge in [0.15, 0.2) is 0 Å². The third-order valence-corrected chi connectivity index (χ3v) is 3.81. The van der Waals surface area contributed by atoms with Crippen LogP contribution in [0, 0.1) is 5.92 Å². The predicted molar refractivity (Wildman–Crippen MR) is 55.6 cm³/mol. The zero-order valence-corrected chi connectivity index (χ0v) is 9.66. The summed E-state index contributed by atoms with van der Waals surface area (Å²) in [4.78, 5) is 0. The average molecular weight is 238 g/mol. The molecule has 1 atom stereocenters. The molecular formula is C8H18N2O4S. The van der Waals surface area contributed by atoms with E-state index in [0.717, 1.165) is 0 Å². The summed E-state index contributed by atoms with van der Waals surface area (Å²) in [5, 5.41) is 8.77. The number of aliphatic hydroxyl groups is 1. The molecule has 1 aliphatic heterocycles. The molecule has 0 spiro atoms. The van der Waals surface area contributed by atoms with E-state index in [4.69, 9.17) is 9.84 Å². The Balaban J connectivity index is 2.43. The highest BCUT2D eigenvalue weighted by atomic mass is 32.2. The van der Waals surface area contributed by atoms with Gasteiger partial charge in [-0.25, -0.2) is 4.72 Å². The normalized spacial score (nSPS) is 21.5. The lowest BCUT2D eigenvalue weighted by Gasteiger charge is -2.26. The fourth-order valence-electron chi connectivity index (χ4n) is 1.19. The Hall–Kier alpha value is -0.210. The highest BCUT2D eigenvalue weighted by Crippen LogP contribution is 2.03. The predicted octanol–water partition coefficient (Wildman–Crippen LogP) is -1.22. The minimum absolute atomic E-state index is 0.0222. The lowest BCUT2D eigenvalue weighted by molar-refractivity contribution is 0.0724. The molecule has 1 aliphatic rings. The van der Waals surface area contributed by atoms with Gasteiger partial charge in [0, 0.05) is 26.2 Å². The Morgan fingerprint density at radius 1 is 1.47 bits per heavy atom. The van der Waals surface area contributed by atoms with Gasteiger partial charge in [0.2, 0.25) is 0 Å². The number of aliphatic hydroxyl groups excluding tert-OH is 1. The summed E-state index contributed by atoms with van der Waals surface area (Å²) < 4.78 is 32.3. The van der Waals surface area contributed by atoms with Crippen molar-refractivity contribution in [3.05, 3.63) is 0 Å². The summed E-state index contributed by atoms with van der Waals surface area (Å²) in [6.45, 7) is 3.68. The molecule has 1 fully saturated rings. The smallest absolute Gasteiger partial charge is 0.279 e. The molecular weight excluding hydrogens is 220 g/mol. The molecule has 15 heavy (non-hydrogen) atoms. The highest BCUT2D eigenvalue weighted by Gasteiger charge is 2.23. The maximum absolute atomic E-state index is 11.7. The van der Waals surface area contributed by atoms with Crippen molar-refractivity contribution in [3.63, 3.8) is 0 Å². The van der Waals surface area contributed by atoms with E-state index in [9.17, 15) is 8.42 Å². The Morgan fingerprint density at radius 2 is 2.07 bits per heavy atom. The molecule has 0 amide bonds. The van der Waals surface area contributed by atoms with Gasteiger partial charge >= 0.3 is 0 Å². The molecule has 0 bridgehead atoms. The van der Waals surface area contributed by atoms with Crippen LogP contribution >= 0.6 is 0 Å².